The van der Waals surface area contributed by atoms with Crippen LogP contribution in [-0.4, -0.2) is 17.9 Å². The molecule has 0 radical (unpaired) electrons. The van der Waals surface area contributed by atoms with E-state index in [0.717, 1.165) is 12.1 Å². The number of Topliss-reactive ketones (excluding diaryl/α,β-unsaturated/α-hetero) is 1. The first kappa shape index (κ1) is 13.5. The van der Waals surface area contributed by atoms with Gasteiger partial charge in [-0.2, -0.15) is 22.0 Å². The molecule has 0 N–H and O–H groups in total. The van der Waals surface area contributed by atoms with Crippen molar-refractivity contribution in [3.63, 3.8) is 0 Å². The highest BCUT2D eigenvalue weighted by atomic mass is 19.4. The van der Waals surface area contributed by atoms with Crippen LogP contribution in [0.3, 0.4) is 0 Å². The number of hydrogen-bond acceptors (Lipinski definition) is 1. The van der Waals surface area contributed by atoms with E-state index in [2.05, 4.69) is 0 Å². The standard InChI is InChI=1S/C10H6F6O/c1-5-2-3-6(4-7(5)11)8(17)9(12,13)10(14,15)16/h2-4H,1H3. The zero-order valence-electron chi connectivity index (χ0n) is 8.41. The van der Waals surface area contributed by atoms with E-state index < -0.39 is 29.3 Å². The molecule has 1 aromatic carbocycles. The van der Waals surface area contributed by atoms with Crippen LogP contribution >= 0.6 is 0 Å². The van der Waals surface area contributed by atoms with Gasteiger partial charge >= 0.3 is 12.1 Å². The number of carbonyl (C=O) groups is 1. The molecule has 1 rings (SSSR count). The Bertz CT molecular complexity index is 449. The molecule has 0 spiro atoms. The van der Waals surface area contributed by atoms with Crippen LogP contribution < -0.4 is 0 Å². The van der Waals surface area contributed by atoms with Crippen LogP contribution in [0, 0.1) is 12.7 Å². The molecule has 0 heterocycles. The largest absolute Gasteiger partial charge is 0.461 e. The van der Waals surface area contributed by atoms with E-state index in [4.69, 9.17) is 0 Å². The number of benzene rings is 1. The minimum absolute atomic E-state index is 0.0388. The summed E-state index contributed by atoms with van der Waals surface area (Å²) >= 11 is 0. The van der Waals surface area contributed by atoms with Gasteiger partial charge < -0.3 is 0 Å². The number of rotatable bonds is 2. The van der Waals surface area contributed by atoms with Crippen molar-refractivity contribution < 1.29 is 31.1 Å². The lowest BCUT2D eigenvalue weighted by Crippen LogP contribution is -2.44. The highest BCUT2D eigenvalue weighted by Crippen LogP contribution is 2.38. The molecule has 1 aromatic rings. The van der Waals surface area contributed by atoms with Crippen LogP contribution in [0.4, 0.5) is 26.3 Å². The van der Waals surface area contributed by atoms with Crippen molar-refractivity contribution in [3.8, 4) is 0 Å². The van der Waals surface area contributed by atoms with E-state index in [1.165, 1.54) is 6.92 Å². The fourth-order valence-electron chi connectivity index (χ4n) is 1.04. The van der Waals surface area contributed by atoms with Crippen molar-refractivity contribution in [2.45, 2.75) is 19.0 Å². The predicted molar refractivity (Wildman–Crippen MR) is 46.5 cm³/mol. The van der Waals surface area contributed by atoms with Crippen molar-refractivity contribution in [2.24, 2.45) is 0 Å². The third-order valence-corrected chi connectivity index (χ3v) is 2.08. The molecule has 0 aliphatic carbocycles. The molecular formula is C10H6F6O. The van der Waals surface area contributed by atoms with Crippen LogP contribution in [0.1, 0.15) is 15.9 Å². The fraction of sp³-hybridized carbons (Fsp3) is 0.300. The quantitative estimate of drug-likeness (QED) is 0.584. The number of carbonyl (C=O) groups excluding carboxylic acids is 1. The maximum atomic E-state index is 12.9. The zero-order chi connectivity index (χ0) is 13.4. The molecule has 7 heteroatoms. The number of aryl methyl sites for hydroxylation is 1. The lowest BCUT2D eigenvalue weighted by molar-refractivity contribution is -0.255. The maximum absolute atomic E-state index is 12.9. The molecule has 0 amide bonds. The summed E-state index contributed by atoms with van der Waals surface area (Å²) < 4.78 is 73.9. The van der Waals surface area contributed by atoms with Gasteiger partial charge in [0.25, 0.3) is 0 Å². The monoisotopic (exact) mass is 256 g/mol. The van der Waals surface area contributed by atoms with Crippen molar-refractivity contribution >= 4 is 5.78 Å². The Morgan fingerprint density at radius 1 is 1.12 bits per heavy atom. The predicted octanol–water partition coefficient (Wildman–Crippen LogP) is 3.51. The summed E-state index contributed by atoms with van der Waals surface area (Å²) in [4.78, 5) is 10.9. The van der Waals surface area contributed by atoms with E-state index >= 15 is 0 Å². The number of hydrogen-bond donors (Lipinski definition) is 0. The molecule has 1 nitrogen and oxygen atoms in total. The molecule has 94 valence electrons. The second-order valence-corrected chi connectivity index (χ2v) is 3.37. The molecule has 0 unspecified atom stereocenters. The van der Waals surface area contributed by atoms with Crippen LogP contribution in [0.15, 0.2) is 18.2 Å². The summed E-state index contributed by atoms with van der Waals surface area (Å²) in [6.45, 7) is 1.28. The summed E-state index contributed by atoms with van der Waals surface area (Å²) in [7, 11) is 0. The molecule has 0 aromatic heterocycles. The highest BCUT2D eigenvalue weighted by Gasteiger charge is 2.63. The van der Waals surface area contributed by atoms with Crippen LogP contribution in [0.5, 0.6) is 0 Å². The highest BCUT2D eigenvalue weighted by molar-refractivity contribution is 6.01. The number of ketones is 1. The third kappa shape index (κ3) is 2.42. The van der Waals surface area contributed by atoms with Gasteiger partial charge in [-0.05, 0) is 18.6 Å². The van der Waals surface area contributed by atoms with Crippen molar-refractivity contribution in [3.05, 3.63) is 35.1 Å². The van der Waals surface area contributed by atoms with Gasteiger partial charge in [-0.25, -0.2) is 4.39 Å². The molecule has 17 heavy (non-hydrogen) atoms. The van der Waals surface area contributed by atoms with Gasteiger partial charge in [-0.3, -0.25) is 4.79 Å². The summed E-state index contributed by atoms with van der Waals surface area (Å²) in [5.74, 6) is -9.01. The van der Waals surface area contributed by atoms with Crippen LogP contribution in [0.2, 0.25) is 0 Å². The fourth-order valence-corrected chi connectivity index (χ4v) is 1.04. The molecule has 0 saturated carbocycles. The Labute approximate surface area is 92.0 Å². The molecule has 0 aliphatic heterocycles. The van der Waals surface area contributed by atoms with Crippen LogP contribution in [-0.2, 0) is 0 Å². The Balaban J connectivity index is 3.17. The lowest BCUT2D eigenvalue weighted by Gasteiger charge is -2.18. The average Bonchev–Trinajstić information content (AvgIpc) is 2.19. The summed E-state index contributed by atoms with van der Waals surface area (Å²) in [5.41, 5.74) is -0.979. The Hall–Kier alpha value is -1.53. The van der Waals surface area contributed by atoms with Gasteiger partial charge in [-0.15, -0.1) is 0 Å². The van der Waals surface area contributed by atoms with E-state index in [9.17, 15) is 31.1 Å². The lowest BCUT2D eigenvalue weighted by atomic mass is 10.0. The Morgan fingerprint density at radius 3 is 2.06 bits per heavy atom. The topological polar surface area (TPSA) is 17.1 Å². The third-order valence-electron chi connectivity index (χ3n) is 2.08. The van der Waals surface area contributed by atoms with E-state index in [0.29, 0.717) is 6.07 Å². The normalized spacial score (nSPS) is 12.6. The van der Waals surface area contributed by atoms with Crippen LogP contribution in [0.25, 0.3) is 0 Å². The maximum Gasteiger partial charge on any atom is 0.461 e. The van der Waals surface area contributed by atoms with Gasteiger partial charge in [0.1, 0.15) is 5.82 Å². The smallest absolute Gasteiger partial charge is 0.287 e. The van der Waals surface area contributed by atoms with Gasteiger partial charge in [0, 0.05) is 5.56 Å². The molecular weight excluding hydrogens is 250 g/mol. The zero-order valence-corrected chi connectivity index (χ0v) is 8.41. The molecule has 0 aliphatic rings. The summed E-state index contributed by atoms with van der Waals surface area (Å²) in [5, 5.41) is 0. The first-order valence-electron chi connectivity index (χ1n) is 4.33. The van der Waals surface area contributed by atoms with E-state index in [1.807, 2.05) is 0 Å². The summed E-state index contributed by atoms with van der Waals surface area (Å²) in [6.07, 6.45) is -5.99. The van der Waals surface area contributed by atoms with Gasteiger partial charge in [-0.1, -0.05) is 12.1 Å². The van der Waals surface area contributed by atoms with Gasteiger partial charge in [0.2, 0.25) is 5.78 Å². The number of halogens is 6. The minimum Gasteiger partial charge on any atom is -0.287 e. The van der Waals surface area contributed by atoms with Gasteiger partial charge in [0.15, 0.2) is 0 Å². The summed E-state index contributed by atoms with van der Waals surface area (Å²) in [6, 6.07) is 2.03. The second kappa shape index (κ2) is 4.05. The second-order valence-electron chi connectivity index (χ2n) is 3.37. The number of alkyl halides is 5. The Morgan fingerprint density at radius 2 is 1.65 bits per heavy atom. The first-order chi connectivity index (χ1) is 7.57. The van der Waals surface area contributed by atoms with E-state index in [-0.39, 0.29) is 5.56 Å². The van der Waals surface area contributed by atoms with E-state index in [1.54, 1.807) is 0 Å². The molecule has 0 saturated heterocycles. The molecule has 0 fully saturated rings. The molecule has 0 bridgehead atoms. The van der Waals surface area contributed by atoms with Crippen molar-refractivity contribution in [2.75, 3.05) is 0 Å². The first-order valence-corrected chi connectivity index (χ1v) is 4.33. The minimum atomic E-state index is -5.99. The van der Waals surface area contributed by atoms with Crippen molar-refractivity contribution in [1.29, 1.82) is 0 Å². The molecule has 0 atom stereocenters. The van der Waals surface area contributed by atoms with Crippen molar-refractivity contribution in [1.82, 2.24) is 0 Å². The Kier molecular flexibility index (Phi) is 3.22. The average molecular weight is 256 g/mol. The van der Waals surface area contributed by atoms with Gasteiger partial charge in [0.05, 0.1) is 0 Å². The SMILES string of the molecule is Cc1ccc(C(=O)C(F)(F)C(F)(F)F)cc1F.